The van der Waals surface area contributed by atoms with Crippen molar-refractivity contribution in [2.24, 2.45) is 7.05 Å². The number of aromatic nitrogens is 3. The summed E-state index contributed by atoms with van der Waals surface area (Å²) < 4.78 is 1.38. The summed E-state index contributed by atoms with van der Waals surface area (Å²) in [7, 11) is 1.61. The number of ketones is 2. The van der Waals surface area contributed by atoms with Crippen molar-refractivity contribution in [3.8, 4) is 11.3 Å². The third-order valence-electron chi connectivity index (χ3n) is 2.66. The molecule has 2 aromatic heterocycles. The molecule has 0 fully saturated rings. The maximum absolute atomic E-state index is 11.8. The van der Waals surface area contributed by atoms with Gasteiger partial charge in [0.1, 0.15) is 12.3 Å². The highest BCUT2D eigenvalue weighted by atomic mass is 32.1. The quantitative estimate of drug-likeness (QED) is 0.851. The lowest BCUT2D eigenvalue weighted by Gasteiger charge is -2.02. The molecule has 7 heteroatoms. The molecule has 0 spiro atoms. The fourth-order valence-corrected chi connectivity index (χ4v) is 2.69. The predicted octanol–water partition coefficient (Wildman–Crippen LogP) is 1.23. The van der Waals surface area contributed by atoms with E-state index in [4.69, 9.17) is 5.11 Å². The van der Waals surface area contributed by atoms with Crippen LogP contribution in [0.4, 0.5) is 0 Å². The number of aliphatic hydroxyl groups is 1. The molecule has 0 aromatic carbocycles. The monoisotopic (exact) mass is 279 g/mol. The molecule has 1 N–H and O–H groups in total. The van der Waals surface area contributed by atoms with E-state index in [0.29, 0.717) is 16.1 Å². The van der Waals surface area contributed by atoms with Crippen LogP contribution in [0.1, 0.15) is 32.1 Å². The van der Waals surface area contributed by atoms with Gasteiger partial charge in [0.25, 0.3) is 0 Å². The Morgan fingerprint density at radius 2 is 2.16 bits per heavy atom. The van der Waals surface area contributed by atoms with Gasteiger partial charge < -0.3 is 5.11 Å². The Hall–Kier alpha value is -1.86. The van der Waals surface area contributed by atoms with Crippen LogP contribution in [0.25, 0.3) is 11.3 Å². The Balaban J connectivity index is 2.66. The molecule has 0 bridgehead atoms. The molecular weight excluding hydrogens is 266 g/mol. The minimum atomic E-state index is -0.606. The summed E-state index contributed by atoms with van der Waals surface area (Å²) in [6, 6.07) is 0. The van der Waals surface area contributed by atoms with Crippen LogP contribution < -0.4 is 0 Å². The third-order valence-corrected chi connectivity index (χ3v) is 3.73. The van der Waals surface area contributed by atoms with Gasteiger partial charge in [-0.3, -0.25) is 14.3 Å². The van der Waals surface area contributed by atoms with E-state index in [1.54, 1.807) is 14.0 Å². The smallest absolute Gasteiger partial charge is 0.206 e. The lowest BCUT2D eigenvalue weighted by Crippen LogP contribution is -2.12. The molecule has 0 saturated heterocycles. The van der Waals surface area contributed by atoms with Gasteiger partial charge in [0, 0.05) is 14.0 Å². The topological polar surface area (TPSA) is 85.1 Å². The number of rotatable bonds is 4. The normalized spacial score (nSPS) is 10.7. The number of Topliss-reactive ketones (excluding diaryl/α,β-unsaturated/α-hetero) is 2. The summed E-state index contributed by atoms with van der Waals surface area (Å²) in [5.41, 5.74) is 1.20. The van der Waals surface area contributed by atoms with Crippen LogP contribution in [0.2, 0.25) is 0 Å². The van der Waals surface area contributed by atoms with E-state index in [1.807, 2.05) is 0 Å². The highest BCUT2D eigenvalue weighted by molar-refractivity contribution is 7.14. The molecule has 2 heterocycles. The van der Waals surface area contributed by atoms with E-state index in [9.17, 15) is 9.59 Å². The maximum Gasteiger partial charge on any atom is 0.206 e. The van der Waals surface area contributed by atoms with Crippen LogP contribution in [0, 0.1) is 6.92 Å². The van der Waals surface area contributed by atoms with Gasteiger partial charge in [0.05, 0.1) is 27.3 Å². The zero-order valence-corrected chi connectivity index (χ0v) is 11.6. The van der Waals surface area contributed by atoms with Gasteiger partial charge in [-0.2, -0.15) is 5.10 Å². The predicted molar refractivity (Wildman–Crippen MR) is 70.5 cm³/mol. The summed E-state index contributed by atoms with van der Waals surface area (Å²) in [5, 5.41) is 13.8. The second kappa shape index (κ2) is 5.02. The van der Waals surface area contributed by atoms with Gasteiger partial charge in [-0.05, 0) is 6.92 Å². The van der Waals surface area contributed by atoms with Crippen molar-refractivity contribution in [2.75, 3.05) is 6.61 Å². The van der Waals surface area contributed by atoms with Crippen LogP contribution in [0.5, 0.6) is 0 Å². The Morgan fingerprint density at radius 3 is 2.74 bits per heavy atom. The second-order valence-corrected chi connectivity index (χ2v) is 5.28. The molecule has 19 heavy (non-hydrogen) atoms. The molecule has 0 saturated carbocycles. The Bertz CT molecular complexity index is 657. The number of carbonyl (C=O) groups is 2. The molecule has 0 unspecified atom stereocenters. The molecule has 0 aliphatic rings. The van der Waals surface area contributed by atoms with E-state index in [0.717, 1.165) is 5.01 Å². The molecule has 0 atom stereocenters. The first kappa shape index (κ1) is 13.6. The van der Waals surface area contributed by atoms with Crippen molar-refractivity contribution >= 4 is 22.9 Å². The van der Waals surface area contributed by atoms with Crippen LogP contribution >= 0.6 is 11.3 Å². The zero-order chi connectivity index (χ0) is 14.2. The molecule has 0 aliphatic carbocycles. The minimum Gasteiger partial charge on any atom is -0.388 e. The number of hydrogen-bond acceptors (Lipinski definition) is 6. The van der Waals surface area contributed by atoms with Crippen LogP contribution in [-0.2, 0) is 7.05 Å². The van der Waals surface area contributed by atoms with E-state index in [2.05, 4.69) is 10.1 Å². The fourth-order valence-electron chi connectivity index (χ4n) is 1.86. The average Bonchev–Trinajstić information content (AvgIpc) is 2.91. The van der Waals surface area contributed by atoms with E-state index < -0.39 is 12.4 Å². The molecule has 0 aliphatic heterocycles. The van der Waals surface area contributed by atoms with Crippen molar-refractivity contribution in [2.45, 2.75) is 13.8 Å². The summed E-state index contributed by atoms with van der Waals surface area (Å²) in [6.45, 7) is 2.65. The van der Waals surface area contributed by atoms with Gasteiger partial charge in [-0.1, -0.05) is 0 Å². The lowest BCUT2D eigenvalue weighted by molar-refractivity contribution is 0.0894. The fraction of sp³-hybridized carbons (Fsp3) is 0.333. The largest absolute Gasteiger partial charge is 0.388 e. The second-order valence-electron chi connectivity index (χ2n) is 4.08. The van der Waals surface area contributed by atoms with Crippen molar-refractivity contribution in [3.05, 3.63) is 21.8 Å². The molecular formula is C12H13N3O3S. The summed E-state index contributed by atoms with van der Waals surface area (Å²) in [5.74, 6) is -0.554. The molecule has 0 radical (unpaired) electrons. The molecule has 100 valence electrons. The molecule has 0 amide bonds. The van der Waals surface area contributed by atoms with E-state index in [1.165, 1.54) is 29.1 Å². The highest BCUT2D eigenvalue weighted by Gasteiger charge is 2.23. The van der Waals surface area contributed by atoms with Crippen LogP contribution in [0.15, 0.2) is 6.20 Å². The number of carbonyl (C=O) groups excluding carboxylic acids is 2. The maximum atomic E-state index is 11.8. The highest BCUT2D eigenvalue weighted by Crippen LogP contribution is 2.30. The Morgan fingerprint density at radius 1 is 1.47 bits per heavy atom. The van der Waals surface area contributed by atoms with Crippen LogP contribution in [0.3, 0.4) is 0 Å². The summed E-state index contributed by atoms with van der Waals surface area (Å²) in [4.78, 5) is 28.2. The molecule has 6 nitrogen and oxygen atoms in total. The van der Waals surface area contributed by atoms with E-state index in [-0.39, 0.29) is 11.5 Å². The van der Waals surface area contributed by atoms with Crippen molar-refractivity contribution in [3.63, 3.8) is 0 Å². The first-order chi connectivity index (χ1) is 8.95. The number of aryl methyl sites for hydroxylation is 2. The van der Waals surface area contributed by atoms with Crippen molar-refractivity contribution in [1.29, 1.82) is 0 Å². The van der Waals surface area contributed by atoms with Gasteiger partial charge >= 0.3 is 0 Å². The number of nitrogens with zero attached hydrogens (tertiary/aromatic N) is 3. The average molecular weight is 279 g/mol. The lowest BCUT2D eigenvalue weighted by atomic mass is 10.1. The zero-order valence-electron chi connectivity index (χ0n) is 10.8. The molecule has 2 aromatic rings. The first-order valence-corrected chi connectivity index (χ1v) is 6.42. The Labute approximate surface area is 113 Å². The van der Waals surface area contributed by atoms with Crippen molar-refractivity contribution in [1.82, 2.24) is 14.8 Å². The van der Waals surface area contributed by atoms with Crippen LogP contribution in [-0.4, -0.2) is 38.0 Å². The number of aliphatic hydroxyl groups excluding tert-OH is 1. The van der Waals surface area contributed by atoms with Gasteiger partial charge in [0.2, 0.25) is 5.78 Å². The van der Waals surface area contributed by atoms with Gasteiger partial charge in [-0.15, -0.1) is 11.3 Å². The summed E-state index contributed by atoms with van der Waals surface area (Å²) in [6.07, 6.45) is 1.49. The number of thiazole rings is 1. The standard InChI is InChI=1S/C12H13N3O3S/c1-6(17)12-10(14-7(2)19-12)8-4-13-15(3)11(8)9(18)5-16/h4,16H,5H2,1-3H3. The van der Waals surface area contributed by atoms with E-state index >= 15 is 0 Å². The first-order valence-electron chi connectivity index (χ1n) is 5.60. The summed E-state index contributed by atoms with van der Waals surface area (Å²) >= 11 is 1.28. The Kier molecular flexibility index (Phi) is 3.59. The number of hydrogen-bond donors (Lipinski definition) is 1. The molecule has 2 rings (SSSR count). The third kappa shape index (κ3) is 2.34. The van der Waals surface area contributed by atoms with Gasteiger partial charge in [0.15, 0.2) is 5.78 Å². The minimum absolute atomic E-state index is 0.105. The SMILES string of the molecule is CC(=O)c1sc(C)nc1-c1cnn(C)c1C(=O)CO. The van der Waals surface area contributed by atoms with Crippen molar-refractivity contribution < 1.29 is 14.7 Å². The van der Waals surface area contributed by atoms with Gasteiger partial charge in [-0.25, -0.2) is 4.98 Å².